The summed E-state index contributed by atoms with van der Waals surface area (Å²) >= 11 is 0. The Balaban J connectivity index is 1.69. The summed E-state index contributed by atoms with van der Waals surface area (Å²) in [5, 5.41) is 0. The molecule has 25 heavy (non-hydrogen) atoms. The molecule has 3 saturated carbocycles. The van der Waals surface area contributed by atoms with Crippen LogP contribution in [0.1, 0.15) is 79.1 Å². The van der Waals surface area contributed by atoms with Crippen LogP contribution in [-0.2, 0) is 9.59 Å². The molecule has 0 spiro atoms. The summed E-state index contributed by atoms with van der Waals surface area (Å²) in [6.45, 7) is 8.99. The van der Waals surface area contributed by atoms with Gasteiger partial charge in [-0.25, -0.2) is 0 Å². The number of Topliss-reactive ketones (excluding diaryl/α,β-unsaturated/α-hetero) is 1. The number of rotatable bonds is 2. The van der Waals surface area contributed by atoms with Gasteiger partial charge in [0.2, 0.25) is 0 Å². The van der Waals surface area contributed by atoms with Gasteiger partial charge in [-0.2, -0.15) is 0 Å². The summed E-state index contributed by atoms with van der Waals surface area (Å²) in [5.41, 5.74) is 1.91. The Morgan fingerprint density at radius 3 is 2.60 bits per heavy atom. The molecular weight excluding hydrogens is 308 g/mol. The fraction of sp³-hybridized carbons (Fsp3) is 0.826. The molecule has 2 heteroatoms. The molecule has 4 aliphatic rings. The third-order valence-corrected chi connectivity index (χ3v) is 9.10. The van der Waals surface area contributed by atoms with E-state index in [1.54, 1.807) is 0 Å². The van der Waals surface area contributed by atoms with Crippen LogP contribution in [0.3, 0.4) is 0 Å². The van der Waals surface area contributed by atoms with Crippen molar-refractivity contribution >= 4 is 11.6 Å². The SMILES string of the molecule is CC[C@@H]1C[C@@H]2[C@@H]3CCC4=CC(=O)CC[C@]4(C)[C@H]3CC[C@]2(C)[C@H]1C(C)=O. The number of carbonyl (C=O) groups is 2. The second-order valence-corrected chi connectivity index (χ2v) is 10.0. The van der Waals surface area contributed by atoms with E-state index in [0.717, 1.165) is 37.5 Å². The lowest BCUT2D eigenvalue weighted by atomic mass is 9.46. The molecule has 0 aromatic rings. The largest absolute Gasteiger partial charge is 0.300 e. The zero-order valence-electron chi connectivity index (χ0n) is 16.4. The summed E-state index contributed by atoms with van der Waals surface area (Å²) in [6.07, 6.45) is 11.0. The monoisotopic (exact) mass is 342 g/mol. The molecule has 0 amide bonds. The maximum atomic E-state index is 12.5. The van der Waals surface area contributed by atoms with E-state index in [2.05, 4.69) is 20.8 Å². The van der Waals surface area contributed by atoms with E-state index in [-0.39, 0.29) is 16.7 Å². The van der Waals surface area contributed by atoms with Crippen LogP contribution in [0, 0.1) is 40.4 Å². The van der Waals surface area contributed by atoms with Crippen molar-refractivity contribution in [1.29, 1.82) is 0 Å². The number of ketones is 2. The van der Waals surface area contributed by atoms with E-state index in [0.29, 0.717) is 23.4 Å². The van der Waals surface area contributed by atoms with Gasteiger partial charge in [0, 0.05) is 12.3 Å². The minimum Gasteiger partial charge on any atom is -0.300 e. The highest BCUT2D eigenvalue weighted by molar-refractivity contribution is 5.91. The van der Waals surface area contributed by atoms with Crippen molar-refractivity contribution < 1.29 is 9.59 Å². The van der Waals surface area contributed by atoms with Gasteiger partial charge in [-0.05, 0) is 86.0 Å². The van der Waals surface area contributed by atoms with E-state index >= 15 is 0 Å². The van der Waals surface area contributed by atoms with Crippen molar-refractivity contribution in [2.24, 2.45) is 40.4 Å². The highest BCUT2D eigenvalue weighted by Gasteiger charge is 2.61. The highest BCUT2D eigenvalue weighted by Crippen LogP contribution is 2.68. The third kappa shape index (κ3) is 2.35. The van der Waals surface area contributed by atoms with Crippen LogP contribution in [0.15, 0.2) is 11.6 Å². The number of allylic oxidation sites excluding steroid dienone is 1. The highest BCUT2D eigenvalue weighted by atomic mass is 16.1. The molecule has 0 unspecified atom stereocenters. The molecule has 2 nitrogen and oxygen atoms in total. The predicted molar refractivity (Wildman–Crippen MR) is 100 cm³/mol. The number of fused-ring (bicyclic) bond motifs is 5. The summed E-state index contributed by atoms with van der Waals surface area (Å²) < 4.78 is 0. The van der Waals surface area contributed by atoms with Crippen molar-refractivity contribution in [3.8, 4) is 0 Å². The van der Waals surface area contributed by atoms with Crippen molar-refractivity contribution in [2.75, 3.05) is 0 Å². The third-order valence-electron chi connectivity index (χ3n) is 9.10. The Kier molecular flexibility index (Phi) is 4.05. The lowest BCUT2D eigenvalue weighted by molar-refractivity contribution is -0.130. The van der Waals surface area contributed by atoms with Gasteiger partial charge in [0.15, 0.2) is 5.78 Å². The number of hydrogen-bond acceptors (Lipinski definition) is 2. The number of hydrogen-bond donors (Lipinski definition) is 0. The second-order valence-electron chi connectivity index (χ2n) is 10.0. The van der Waals surface area contributed by atoms with Gasteiger partial charge in [0.05, 0.1) is 0 Å². The van der Waals surface area contributed by atoms with Crippen molar-refractivity contribution in [2.45, 2.75) is 79.1 Å². The lowest BCUT2D eigenvalue weighted by Crippen LogP contribution is -2.51. The molecule has 3 fully saturated rings. The Morgan fingerprint density at radius 1 is 1.16 bits per heavy atom. The quantitative estimate of drug-likeness (QED) is 0.677. The lowest BCUT2D eigenvalue weighted by Gasteiger charge is -2.58. The minimum atomic E-state index is 0.218. The smallest absolute Gasteiger partial charge is 0.155 e. The molecule has 0 bridgehead atoms. The van der Waals surface area contributed by atoms with Crippen LogP contribution in [0.25, 0.3) is 0 Å². The summed E-state index contributed by atoms with van der Waals surface area (Å²) in [5.74, 6) is 3.83. The Labute approximate surface area is 152 Å². The fourth-order valence-corrected chi connectivity index (χ4v) is 7.94. The molecule has 0 heterocycles. The van der Waals surface area contributed by atoms with Crippen LogP contribution < -0.4 is 0 Å². The van der Waals surface area contributed by atoms with Crippen LogP contribution >= 0.6 is 0 Å². The molecule has 4 rings (SSSR count). The summed E-state index contributed by atoms with van der Waals surface area (Å²) in [7, 11) is 0. The first-order chi connectivity index (χ1) is 11.8. The maximum absolute atomic E-state index is 12.5. The standard InChI is InChI=1S/C23H34O2/c1-5-15-12-20-18-7-6-16-13-17(25)8-10-22(16,3)19(18)9-11-23(20,4)21(15)14(2)24/h13,15,18-21H,5-12H2,1-4H3/t15-,18-,19+,20-,21+,22+,23+/m1/s1. The van der Waals surface area contributed by atoms with Crippen molar-refractivity contribution in [3.63, 3.8) is 0 Å². The first-order valence-corrected chi connectivity index (χ1v) is 10.6. The van der Waals surface area contributed by atoms with E-state index in [4.69, 9.17) is 0 Å². The van der Waals surface area contributed by atoms with Crippen molar-refractivity contribution in [1.82, 2.24) is 0 Å². The zero-order valence-corrected chi connectivity index (χ0v) is 16.4. The normalized spacial score (nSPS) is 49.0. The topological polar surface area (TPSA) is 34.1 Å². The fourth-order valence-electron chi connectivity index (χ4n) is 7.94. The zero-order chi connectivity index (χ0) is 18.0. The van der Waals surface area contributed by atoms with E-state index in [1.807, 2.05) is 13.0 Å². The average Bonchev–Trinajstić information content (AvgIpc) is 2.88. The first-order valence-electron chi connectivity index (χ1n) is 10.6. The van der Waals surface area contributed by atoms with Gasteiger partial charge in [-0.3, -0.25) is 9.59 Å². The van der Waals surface area contributed by atoms with Gasteiger partial charge in [-0.1, -0.05) is 32.8 Å². The molecular formula is C23H34O2. The minimum absolute atomic E-state index is 0.218. The van der Waals surface area contributed by atoms with Crippen LogP contribution in [0.5, 0.6) is 0 Å². The predicted octanol–water partition coefficient (Wildman–Crippen LogP) is 5.36. The molecule has 0 aromatic carbocycles. The van der Waals surface area contributed by atoms with Gasteiger partial charge < -0.3 is 0 Å². The molecule has 0 radical (unpaired) electrons. The van der Waals surface area contributed by atoms with Gasteiger partial charge in [0.1, 0.15) is 5.78 Å². The summed E-state index contributed by atoms with van der Waals surface area (Å²) in [6, 6.07) is 0. The van der Waals surface area contributed by atoms with E-state index in [1.165, 1.54) is 31.3 Å². The molecule has 4 aliphatic carbocycles. The van der Waals surface area contributed by atoms with E-state index in [9.17, 15) is 9.59 Å². The van der Waals surface area contributed by atoms with Crippen molar-refractivity contribution in [3.05, 3.63) is 11.6 Å². The molecule has 7 atom stereocenters. The molecule has 138 valence electrons. The van der Waals surface area contributed by atoms with Crippen LogP contribution in [0.4, 0.5) is 0 Å². The van der Waals surface area contributed by atoms with Gasteiger partial charge in [-0.15, -0.1) is 0 Å². The Morgan fingerprint density at radius 2 is 1.92 bits per heavy atom. The van der Waals surface area contributed by atoms with Gasteiger partial charge in [0.25, 0.3) is 0 Å². The average molecular weight is 343 g/mol. The Bertz CT molecular complexity index is 632. The van der Waals surface area contributed by atoms with E-state index < -0.39 is 0 Å². The molecule has 0 N–H and O–H groups in total. The second kappa shape index (κ2) is 5.79. The van der Waals surface area contributed by atoms with Gasteiger partial charge >= 0.3 is 0 Å². The summed E-state index contributed by atoms with van der Waals surface area (Å²) in [4.78, 5) is 24.5. The maximum Gasteiger partial charge on any atom is 0.155 e. The molecule has 0 aliphatic heterocycles. The van der Waals surface area contributed by atoms with Crippen LogP contribution in [0.2, 0.25) is 0 Å². The molecule has 0 aromatic heterocycles. The number of carbonyl (C=O) groups excluding carboxylic acids is 2. The first kappa shape index (κ1) is 17.5. The molecule has 0 saturated heterocycles. The Hall–Kier alpha value is -0.920. The van der Waals surface area contributed by atoms with Crippen LogP contribution in [-0.4, -0.2) is 11.6 Å².